The molecule has 0 saturated heterocycles. The van der Waals surface area contributed by atoms with Gasteiger partial charge in [0.05, 0.1) is 11.9 Å². The van der Waals surface area contributed by atoms with Crippen molar-refractivity contribution in [1.29, 1.82) is 0 Å². The van der Waals surface area contributed by atoms with Crippen LogP contribution in [-0.2, 0) is 18.4 Å². The van der Waals surface area contributed by atoms with Crippen LogP contribution in [0.1, 0.15) is 5.82 Å². The molecule has 0 atom stereocenters. The molecule has 142 valence electrons. The van der Waals surface area contributed by atoms with Crippen LogP contribution in [0.25, 0.3) is 16.7 Å². The van der Waals surface area contributed by atoms with Crippen LogP contribution in [-0.4, -0.2) is 34.8 Å². The van der Waals surface area contributed by atoms with Gasteiger partial charge in [-0.15, -0.1) is 0 Å². The average molecular weight is 381 g/mol. The van der Waals surface area contributed by atoms with Crippen LogP contribution < -0.4 is 10.9 Å². The molecule has 0 fully saturated rings. The SMILES string of the molecule is Cc1nccn1-c1ccc(NC(=O)Cn2cnc3c(cnn3C)c2=O)cc1F. The van der Waals surface area contributed by atoms with Crippen molar-refractivity contribution < 1.29 is 9.18 Å². The van der Waals surface area contributed by atoms with E-state index in [2.05, 4.69) is 20.4 Å². The molecular formula is C18H16FN7O2. The summed E-state index contributed by atoms with van der Waals surface area (Å²) >= 11 is 0. The number of anilines is 1. The number of carbonyl (C=O) groups is 1. The second-order valence-corrected chi connectivity index (χ2v) is 6.24. The zero-order valence-corrected chi connectivity index (χ0v) is 15.1. The minimum absolute atomic E-state index is 0.249. The summed E-state index contributed by atoms with van der Waals surface area (Å²) in [4.78, 5) is 32.9. The molecule has 0 aliphatic heterocycles. The molecule has 0 spiro atoms. The Labute approximate surface area is 158 Å². The Morgan fingerprint density at radius 2 is 2.11 bits per heavy atom. The summed E-state index contributed by atoms with van der Waals surface area (Å²) in [6.07, 6.45) is 5.93. The molecule has 0 radical (unpaired) electrons. The van der Waals surface area contributed by atoms with Gasteiger partial charge in [-0.05, 0) is 25.1 Å². The number of aryl methyl sites for hydroxylation is 2. The Hall–Kier alpha value is -3.82. The second-order valence-electron chi connectivity index (χ2n) is 6.24. The number of hydrogen-bond donors (Lipinski definition) is 1. The van der Waals surface area contributed by atoms with Crippen molar-refractivity contribution in [2.75, 3.05) is 5.32 Å². The number of nitrogens with one attached hydrogen (secondary N) is 1. The number of imidazole rings is 1. The van der Waals surface area contributed by atoms with E-state index in [0.29, 0.717) is 22.5 Å². The van der Waals surface area contributed by atoms with Gasteiger partial charge < -0.3 is 9.88 Å². The van der Waals surface area contributed by atoms with E-state index in [0.717, 1.165) is 0 Å². The van der Waals surface area contributed by atoms with Crippen molar-refractivity contribution in [3.63, 3.8) is 0 Å². The molecule has 0 aliphatic rings. The van der Waals surface area contributed by atoms with Crippen molar-refractivity contribution in [2.45, 2.75) is 13.5 Å². The minimum atomic E-state index is -0.505. The van der Waals surface area contributed by atoms with Crippen LogP contribution >= 0.6 is 0 Å². The average Bonchev–Trinajstić information content (AvgIpc) is 3.24. The summed E-state index contributed by atoms with van der Waals surface area (Å²) in [5, 5.41) is 6.89. The molecule has 0 saturated carbocycles. The molecule has 28 heavy (non-hydrogen) atoms. The van der Waals surface area contributed by atoms with Gasteiger partial charge in [0.2, 0.25) is 5.91 Å². The topological polar surface area (TPSA) is 99.6 Å². The van der Waals surface area contributed by atoms with Gasteiger partial charge in [0.15, 0.2) is 5.65 Å². The van der Waals surface area contributed by atoms with Crippen LogP contribution in [0.15, 0.2) is 47.9 Å². The Morgan fingerprint density at radius 1 is 1.29 bits per heavy atom. The zero-order chi connectivity index (χ0) is 19.8. The van der Waals surface area contributed by atoms with Crippen LogP contribution in [0, 0.1) is 12.7 Å². The standard InChI is InChI=1S/C18H16FN7O2/c1-11-20-5-6-26(11)15-4-3-12(7-14(15)19)23-16(27)9-25-10-21-17-13(18(25)28)8-22-24(17)2/h3-8,10H,9H2,1-2H3,(H,23,27). The van der Waals surface area contributed by atoms with Crippen molar-refractivity contribution in [1.82, 2.24) is 28.9 Å². The molecule has 3 heterocycles. The molecule has 3 aromatic heterocycles. The Morgan fingerprint density at radius 3 is 2.82 bits per heavy atom. The molecule has 10 heteroatoms. The number of amides is 1. The molecule has 0 aliphatic carbocycles. The highest BCUT2D eigenvalue weighted by Gasteiger charge is 2.13. The number of benzene rings is 1. The third-order valence-corrected chi connectivity index (χ3v) is 4.35. The Balaban J connectivity index is 1.53. The monoisotopic (exact) mass is 381 g/mol. The summed E-state index contributed by atoms with van der Waals surface area (Å²) in [5.74, 6) is -0.332. The molecule has 9 nitrogen and oxygen atoms in total. The molecule has 1 amide bonds. The lowest BCUT2D eigenvalue weighted by Gasteiger charge is -2.10. The highest BCUT2D eigenvalue weighted by atomic mass is 19.1. The summed E-state index contributed by atoms with van der Waals surface area (Å²) < 4.78 is 18.7. The maximum atomic E-state index is 14.4. The van der Waals surface area contributed by atoms with Crippen molar-refractivity contribution in [3.05, 3.63) is 65.1 Å². The lowest BCUT2D eigenvalue weighted by Crippen LogP contribution is -2.27. The Bertz CT molecular complexity index is 1250. The van der Waals surface area contributed by atoms with Crippen molar-refractivity contribution in [3.8, 4) is 5.69 Å². The van der Waals surface area contributed by atoms with Gasteiger partial charge in [-0.25, -0.2) is 14.4 Å². The normalized spacial score (nSPS) is 11.1. The maximum absolute atomic E-state index is 14.4. The van der Waals surface area contributed by atoms with Crippen LogP contribution in [0.2, 0.25) is 0 Å². The largest absolute Gasteiger partial charge is 0.324 e. The fourth-order valence-electron chi connectivity index (χ4n) is 2.95. The van der Waals surface area contributed by atoms with E-state index < -0.39 is 11.7 Å². The van der Waals surface area contributed by atoms with E-state index in [1.165, 1.54) is 27.8 Å². The number of fused-ring (bicyclic) bond motifs is 1. The molecular weight excluding hydrogens is 365 g/mol. The first kappa shape index (κ1) is 17.6. The predicted molar refractivity (Wildman–Crippen MR) is 99.7 cm³/mol. The van der Waals surface area contributed by atoms with Crippen molar-refractivity contribution in [2.24, 2.45) is 7.05 Å². The quantitative estimate of drug-likeness (QED) is 0.576. The van der Waals surface area contributed by atoms with Gasteiger partial charge >= 0.3 is 0 Å². The van der Waals surface area contributed by atoms with E-state index >= 15 is 0 Å². The molecule has 4 rings (SSSR count). The third-order valence-electron chi connectivity index (χ3n) is 4.35. The van der Waals surface area contributed by atoms with E-state index in [1.54, 1.807) is 43.1 Å². The minimum Gasteiger partial charge on any atom is -0.324 e. The first-order valence-corrected chi connectivity index (χ1v) is 8.41. The number of nitrogens with zero attached hydrogens (tertiary/aromatic N) is 6. The first-order chi connectivity index (χ1) is 13.4. The van der Waals surface area contributed by atoms with E-state index in [9.17, 15) is 14.0 Å². The second kappa shape index (κ2) is 6.72. The number of hydrogen-bond acceptors (Lipinski definition) is 5. The molecule has 0 unspecified atom stereocenters. The summed E-state index contributed by atoms with van der Waals surface area (Å²) in [5.41, 5.74) is 0.683. The van der Waals surface area contributed by atoms with Gasteiger partial charge in [-0.1, -0.05) is 0 Å². The lowest BCUT2D eigenvalue weighted by molar-refractivity contribution is -0.116. The van der Waals surface area contributed by atoms with Gasteiger partial charge in [0.1, 0.15) is 29.9 Å². The lowest BCUT2D eigenvalue weighted by atomic mass is 10.2. The molecule has 0 bridgehead atoms. The number of rotatable bonds is 4. The van der Waals surface area contributed by atoms with Gasteiger partial charge in [0.25, 0.3) is 5.56 Å². The summed E-state index contributed by atoms with van der Waals surface area (Å²) in [7, 11) is 1.68. The van der Waals surface area contributed by atoms with Crippen LogP contribution in [0.3, 0.4) is 0 Å². The maximum Gasteiger partial charge on any atom is 0.264 e. The van der Waals surface area contributed by atoms with Crippen molar-refractivity contribution >= 4 is 22.6 Å². The number of carbonyl (C=O) groups excluding carboxylic acids is 1. The van der Waals surface area contributed by atoms with E-state index in [4.69, 9.17) is 0 Å². The number of aromatic nitrogens is 6. The molecule has 4 aromatic rings. The van der Waals surface area contributed by atoms with Crippen LogP contribution in [0.4, 0.5) is 10.1 Å². The highest BCUT2D eigenvalue weighted by Crippen LogP contribution is 2.19. The van der Waals surface area contributed by atoms with Gasteiger partial charge in [-0.2, -0.15) is 5.10 Å². The predicted octanol–water partition coefficient (Wildman–Crippen LogP) is 1.40. The zero-order valence-electron chi connectivity index (χ0n) is 15.1. The van der Waals surface area contributed by atoms with E-state index in [-0.39, 0.29) is 17.8 Å². The number of halogens is 1. The first-order valence-electron chi connectivity index (χ1n) is 8.41. The van der Waals surface area contributed by atoms with E-state index in [1.807, 2.05) is 0 Å². The van der Waals surface area contributed by atoms with Gasteiger partial charge in [0, 0.05) is 25.1 Å². The van der Waals surface area contributed by atoms with Crippen LogP contribution in [0.5, 0.6) is 0 Å². The summed E-state index contributed by atoms with van der Waals surface area (Å²) in [6, 6.07) is 4.36. The fourth-order valence-corrected chi connectivity index (χ4v) is 2.95. The highest BCUT2D eigenvalue weighted by molar-refractivity contribution is 5.90. The molecule has 1 N–H and O–H groups in total. The fraction of sp³-hybridized carbons (Fsp3) is 0.167. The smallest absolute Gasteiger partial charge is 0.264 e. The van der Waals surface area contributed by atoms with Gasteiger partial charge in [-0.3, -0.25) is 18.8 Å². The Kier molecular flexibility index (Phi) is 4.22. The molecule has 1 aromatic carbocycles. The summed E-state index contributed by atoms with van der Waals surface area (Å²) in [6.45, 7) is 1.51. The third kappa shape index (κ3) is 3.04.